The number of aryl methyl sites for hydroxylation is 1. The highest BCUT2D eigenvalue weighted by molar-refractivity contribution is 7.90. The number of ether oxygens (including phenoxy) is 4. The Balaban J connectivity index is 0.00000417. The number of pyridine rings is 3. The molecule has 0 unspecified atom stereocenters. The van der Waals surface area contributed by atoms with Gasteiger partial charge in [0.2, 0.25) is 5.88 Å². The van der Waals surface area contributed by atoms with Crippen molar-refractivity contribution in [2.24, 2.45) is 5.92 Å². The van der Waals surface area contributed by atoms with Gasteiger partial charge in [0, 0.05) is 32.3 Å². The van der Waals surface area contributed by atoms with Crippen molar-refractivity contribution >= 4 is 27.6 Å². The number of rotatable bonds is 16. The summed E-state index contributed by atoms with van der Waals surface area (Å²) in [7, 11) is -4.28. The minimum absolute atomic E-state index is 0. The Morgan fingerprint density at radius 1 is 1.09 bits per heavy atom. The fourth-order valence-electron chi connectivity index (χ4n) is 5.48. The molecule has 1 aliphatic heterocycles. The van der Waals surface area contributed by atoms with Crippen molar-refractivity contribution in [1.82, 2.24) is 19.7 Å². The zero-order valence-corrected chi connectivity index (χ0v) is 28.8. The van der Waals surface area contributed by atoms with E-state index in [1.807, 2.05) is 26.8 Å². The lowest BCUT2D eigenvalue weighted by molar-refractivity contribution is -0.00483. The predicted octanol–water partition coefficient (Wildman–Crippen LogP) is 4.50. The first-order chi connectivity index (χ1) is 22.3. The third-order valence-electron chi connectivity index (χ3n) is 7.54. The number of nitrogens with zero attached hydrogens (tertiary/aromatic N) is 4. The number of nitrogens with two attached hydrogens (primary N) is 1. The van der Waals surface area contributed by atoms with Crippen LogP contribution in [0.25, 0.3) is 11.3 Å². The molecule has 0 aromatic carbocycles. The number of hydrogen-bond donors (Lipinski definition) is 2. The van der Waals surface area contributed by atoms with Crippen LogP contribution in [-0.4, -0.2) is 87.1 Å². The van der Waals surface area contributed by atoms with Gasteiger partial charge in [-0.1, -0.05) is 13.0 Å². The molecule has 1 atom stereocenters. The quantitative estimate of drug-likeness (QED) is 0.205. The first kappa shape index (κ1) is 36.0. The molecular weight excluding hydrogens is 624 g/mol. The van der Waals surface area contributed by atoms with Crippen LogP contribution in [0.2, 0.25) is 0 Å². The molecule has 3 aromatic heterocycles. The number of carbonyl (C=O) groups is 1. The maximum absolute atomic E-state index is 13.5. The SMILES string of the molecule is Cc1cc(-c2ccc(C(=O)NS(=O)(=O)c3cccc(N)n3)c(N3C[C@@H](C)CC3(C)C)n2)cnc1OCCOCCOCCOC(C)C.[HH].[HH]. The second-order valence-electron chi connectivity index (χ2n) is 12.5. The Hall–Kier alpha value is -3.85. The van der Waals surface area contributed by atoms with Crippen molar-refractivity contribution in [1.29, 1.82) is 0 Å². The van der Waals surface area contributed by atoms with Gasteiger partial charge in [-0.3, -0.25) is 4.79 Å². The molecule has 4 heterocycles. The van der Waals surface area contributed by atoms with E-state index in [0.29, 0.717) is 69.5 Å². The van der Waals surface area contributed by atoms with Crippen molar-refractivity contribution in [2.75, 3.05) is 56.8 Å². The molecule has 14 heteroatoms. The summed E-state index contributed by atoms with van der Waals surface area (Å²) in [6.07, 6.45) is 2.72. The molecule has 1 saturated heterocycles. The average Bonchev–Trinajstić information content (AvgIpc) is 3.29. The zero-order valence-electron chi connectivity index (χ0n) is 28.0. The number of carbonyl (C=O) groups excluding carboxylic acids is 1. The summed E-state index contributed by atoms with van der Waals surface area (Å²) in [5.74, 6) is 0.415. The highest BCUT2D eigenvalue weighted by Crippen LogP contribution is 2.38. The number of nitrogen functional groups attached to an aromatic ring is 1. The van der Waals surface area contributed by atoms with Gasteiger partial charge in [0.05, 0.1) is 50.4 Å². The molecule has 0 bridgehead atoms. The van der Waals surface area contributed by atoms with Gasteiger partial charge in [0.1, 0.15) is 18.2 Å². The Bertz CT molecular complexity index is 1650. The van der Waals surface area contributed by atoms with Gasteiger partial charge in [-0.25, -0.2) is 19.7 Å². The van der Waals surface area contributed by atoms with E-state index in [1.165, 1.54) is 18.2 Å². The lowest BCUT2D eigenvalue weighted by Gasteiger charge is -2.34. The maximum Gasteiger partial charge on any atom is 0.281 e. The summed E-state index contributed by atoms with van der Waals surface area (Å²) in [4.78, 5) is 28.8. The zero-order chi connectivity index (χ0) is 34.2. The van der Waals surface area contributed by atoms with Gasteiger partial charge in [-0.05, 0) is 77.3 Å². The molecule has 3 aromatic rings. The van der Waals surface area contributed by atoms with Crippen LogP contribution in [0.4, 0.5) is 11.6 Å². The van der Waals surface area contributed by atoms with Crippen LogP contribution in [-0.2, 0) is 24.2 Å². The van der Waals surface area contributed by atoms with Crippen LogP contribution in [0.5, 0.6) is 5.88 Å². The van der Waals surface area contributed by atoms with Crippen LogP contribution >= 0.6 is 0 Å². The fourth-order valence-corrected chi connectivity index (χ4v) is 6.42. The smallest absolute Gasteiger partial charge is 0.281 e. The first-order valence-electron chi connectivity index (χ1n) is 15.7. The molecule has 0 aliphatic carbocycles. The van der Waals surface area contributed by atoms with Gasteiger partial charge in [0.25, 0.3) is 15.9 Å². The summed E-state index contributed by atoms with van der Waals surface area (Å²) in [6, 6.07) is 9.38. The molecule has 260 valence electrons. The number of hydrogen-bond acceptors (Lipinski definition) is 12. The minimum Gasteiger partial charge on any atom is -0.475 e. The Morgan fingerprint density at radius 3 is 2.43 bits per heavy atom. The third kappa shape index (κ3) is 9.83. The van der Waals surface area contributed by atoms with Crippen molar-refractivity contribution in [3.05, 3.63) is 53.7 Å². The fraction of sp³-hybridized carbons (Fsp3) is 0.515. The van der Waals surface area contributed by atoms with Crippen molar-refractivity contribution in [3.63, 3.8) is 0 Å². The van der Waals surface area contributed by atoms with Crippen LogP contribution in [0.3, 0.4) is 0 Å². The van der Waals surface area contributed by atoms with E-state index in [9.17, 15) is 13.2 Å². The largest absolute Gasteiger partial charge is 0.475 e. The second-order valence-corrected chi connectivity index (χ2v) is 14.1. The van der Waals surface area contributed by atoms with E-state index in [4.69, 9.17) is 29.7 Å². The summed E-state index contributed by atoms with van der Waals surface area (Å²) in [5, 5.41) is -0.348. The van der Waals surface area contributed by atoms with Gasteiger partial charge < -0.3 is 29.6 Å². The van der Waals surface area contributed by atoms with E-state index >= 15 is 0 Å². The molecule has 47 heavy (non-hydrogen) atoms. The number of aromatic nitrogens is 3. The molecule has 0 spiro atoms. The maximum atomic E-state index is 13.5. The van der Waals surface area contributed by atoms with Crippen LogP contribution in [0.15, 0.2) is 47.6 Å². The molecule has 4 rings (SSSR count). The monoisotopic (exact) mass is 674 g/mol. The molecule has 13 nitrogen and oxygen atoms in total. The number of anilines is 2. The minimum atomic E-state index is -4.28. The molecular formula is C33H50N6O7S. The first-order valence-corrected chi connectivity index (χ1v) is 17.2. The molecule has 1 fully saturated rings. The molecule has 1 amide bonds. The van der Waals surface area contributed by atoms with Crippen molar-refractivity contribution in [2.45, 2.75) is 64.6 Å². The van der Waals surface area contributed by atoms with E-state index < -0.39 is 15.9 Å². The summed E-state index contributed by atoms with van der Waals surface area (Å²) >= 11 is 0. The van der Waals surface area contributed by atoms with Gasteiger partial charge in [-0.15, -0.1) is 0 Å². The summed E-state index contributed by atoms with van der Waals surface area (Å²) in [5.41, 5.74) is 7.58. The van der Waals surface area contributed by atoms with E-state index in [2.05, 4.69) is 40.4 Å². The van der Waals surface area contributed by atoms with Gasteiger partial charge in [-0.2, -0.15) is 8.42 Å². The van der Waals surface area contributed by atoms with Gasteiger partial charge in [0.15, 0.2) is 5.03 Å². The van der Waals surface area contributed by atoms with Crippen LogP contribution in [0, 0.1) is 12.8 Å². The Kier molecular flexibility index (Phi) is 12.1. The molecule has 0 saturated carbocycles. The number of nitrogens with one attached hydrogen (secondary N) is 1. The Labute approximate surface area is 280 Å². The van der Waals surface area contributed by atoms with E-state index in [-0.39, 0.29) is 30.9 Å². The lowest BCUT2D eigenvalue weighted by Crippen LogP contribution is -2.41. The van der Waals surface area contributed by atoms with Gasteiger partial charge >= 0.3 is 0 Å². The Morgan fingerprint density at radius 2 is 1.79 bits per heavy atom. The van der Waals surface area contributed by atoms with E-state index in [0.717, 1.165) is 17.5 Å². The van der Waals surface area contributed by atoms with Crippen LogP contribution in [0.1, 0.15) is 59.8 Å². The molecule has 1 aliphatic rings. The number of sulfonamides is 1. The van der Waals surface area contributed by atoms with Crippen LogP contribution < -0.4 is 20.1 Å². The van der Waals surface area contributed by atoms with Crippen molar-refractivity contribution in [3.8, 4) is 17.1 Å². The topological polar surface area (TPSA) is 168 Å². The predicted molar refractivity (Wildman–Crippen MR) is 183 cm³/mol. The highest BCUT2D eigenvalue weighted by Gasteiger charge is 2.39. The highest BCUT2D eigenvalue weighted by atomic mass is 32.2. The molecule has 3 N–H and O–H groups in total. The van der Waals surface area contributed by atoms with E-state index in [1.54, 1.807) is 18.3 Å². The third-order valence-corrected chi connectivity index (χ3v) is 8.77. The standard InChI is InChI=1S/C33H46N6O7S.2H2/c1-22(2)45-16-14-43-12-13-44-15-17-46-32-24(4)18-25(20-35-32)27-11-10-26(30(36-27)39-21-23(3)19-33(39,5)6)31(40)38-47(41,42)29-9-7-8-28(34)37-29;;/h7-11,18,20,22-23H,12-17,19,21H2,1-6H3,(H2,34,37)(H,38,40);2*1H/t23-;;/m0../s1. The second kappa shape index (κ2) is 15.8. The molecule has 0 radical (unpaired) electrons. The lowest BCUT2D eigenvalue weighted by atomic mass is 9.97. The average molecular weight is 675 g/mol. The number of amides is 1. The summed E-state index contributed by atoms with van der Waals surface area (Å²) < 4.78 is 50.5. The normalized spacial score (nSPS) is 16.1. The van der Waals surface area contributed by atoms with Crippen molar-refractivity contribution < 1.29 is 35.0 Å². The summed E-state index contributed by atoms with van der Waals surface area (Å²) in [6.45, 7) is 15.5.